The number of rotatable bonds is 11. The Hall–Kier alpha value is -2.11. The van der Waals surface area contributed by atoms with Crippen molar-refractivity contribution >= 4 is 24.0 Å². The summed E-state index contributed by atoms with van der Waals surface area (Å²) in [5, 5.41) is 10.8. The summed E-state index contributed by atoms with van der Waals surface area (Å²) in [5.74, 6) is 0.752. The first-order valence-electron chi connectivity index (χ1n) is 10.8. The molecule has 166 valence electrons. The zero-order valence-corrected chi connectivity index (χ0v) is 19.4. The van der Waals surface area contributed by atoms with Crippen LogP contribution >= 0.6 is 11.8 Å². The van der Waals surface area contributed by atoms with Crippen LogP contribution in [0.1, 0.15) is 71.8 Å². The molecule has 0 aliphatic heterocycles. The van der Waals surface area contributed by atoms with Crippen molar-refractivity contribution in [2.24, 2.45) is 5.41 Å². The largest absolute Gasteiger partial charge is 0.469 e. The van der Waals surface area contributed by atoms with Crippen LogP contribution in [0.25, 0.3) is 0 Å². The standard InChI is InChI=1S/C26H32O4S/c1-25(2,29)22-10-5-4-8-20(22)11-12-23(21-9-6-7-19(15-21)17-27)31-18-26(13-14-26)16-24(28)30-3/h4-10,15,17,23,29H,11-14,16,18H2,1-3H3/t23-/m1/s1. The van der Waals surface area contributed by atoms with Crippen molar-refractivity contribution in [1.29, 1.82) is 0 Å². The van der Waals surface area contributed by atoms with Gasteiger partial charge in [0, 0.05) is 16.6 Å². The van der Waals surface area contributed by atoms with Gasteiger partial charge in [0.2, 0.25) is 0 Å². The summed E-state index contributed by atoms with van der Waals surface area (Å²) in [6.45, 7) is 3.63. The van der Waals surface area contributed by atoms with Crippen molar-refractivity contribution in [2.45, 2.75) is 56.8 Å². The smallest absolute Gasteiger partial charge is 0.306 e. The molecule has 0 spiro atoms. The molecule has 3 rings (SSSR count). The van der Waals surface area contributed by atoms with E-state index >= 15 is 0 Å². The molecule has 2 aromatic carbocycles. The Labute approximate surface area is 189 Å². The SMILES string of the molecule is COC(=O)CC1(CS[C@H](CCc2ccccc2C(C)(C)O)c2cccc(C=O)c2)CC1. The number of carbonyl (C=O) groups is 2. The van der Waals surface area contributed by atoms with E-state index in [1.165, 1.54) is 7.11 Å². The quantitative estimate of drug-likeness (QED) is 0.370. The van der Waals surface area contributed by atoms with Crippen molar-refractivity contribution in [1.82, 2.24) is 0 Å². The van der Waals surface area contributed by atoms with Crippen molar-refractivity contribution < 1.29 is 19.4 Å². The Morgan fingerprint density at radius 1 is 1.23 bits per heavy atom. The molecule has 4 nitrogen and oxygen atoms in total. The fourth-order valence-corrected chi connectivity index (χ4v) is 5.57. The van der Waals surface area contributed by atoms with Gasteiger partial charge in [0.15, 0.2) is 0 Å². The Kier molecular flexibility index (Phi) is 7.60. The van der Waals surface area contributed by atoms with E-state index in [1.807, 2.05) is 62.0 Å². The predicted molar refractivity (Wildman–Crippen MR) is 125 cm³/mol. The van der Waals surface area contributed by atoms with Crippen LogP contribution in [0.5, 0.6) is 0 Å². The molecular formula is C26H32O4S. The van der Waals surface area contributed by atoms with Gasteiger partial charge in [-0.3, -0.25) is 9.59 Å². The van der Waals surface area contributed by atoms with E-state index in [9.17, 15) is 14.7 Å². The molecule has 0 radical (unpaired) electrons. The molecule has 1 saturated carbocycles. The molecule has 31 heavy (non-hydrogen) atoms. The highest BCUT2D eigenvalue weighted by molar-refractivity contribution is 7.99. The Bertz CT molecular complexity index is 912. The maximum atomic E-state index is 11.8. The molecule has 1 aliphatic rings. The highest BCUT2D eigenvalue weighted by atomic mass is 32.2. The molecule has 0 amide bonds. The number of methoxy groups -OCH3 is 1. The van der Waals surface area contributed by atoms with Gasteiger partial charge < -0.3 is 9.84 Å². The number of aliphatic hydroxyl groups is 1. The average molecular weight is 441 g/mol. The summed E-state index contributed by atoms with van der Waals surface area (Å²) in [6, 6.07) is 15.8. The topological polar surface area (TPSA) is 63.6 Å². The van der Waals surface area contributed by atoms with Gasteiger partial charge in [0.05, 0.1) is 19.1 Å². The van der Waals surface area contributed by atoms with Crippen LogP contribution in [-0.4, -0.2) is 30.2 Å². The average Bonchev–Trinajstić information content (AvgIpc) is 3.52. The lowest BCUT2D eigenvalue weighted by Crippen LogP contribution is -2.18. The summed E-state index contributed by atoms with van der Waals surface area (Å²) in [6.07, 6.45) is 5.17. The van der Waals surface area contributed by atoms with Gasteiger partial charge in [-0.15, -0.1) is 0 Å². The molecule has 1 aliphatic carbocycles. The van der Waals surface area contributed by atoms with Crippen LogP contribution in [-0.2, 0) is 21.6 Å². The Morgan fingerprint density at radius 3 is 2.61 bits per heavy atom. The second-order valence-electron chi connectivity index (χ2n) is 9.10. The number of hydrogen-bond donors (Lipinski definition) is 1. The van der Waals surface area contributed by atoms with Crippen LogP contribution in [0, 0.1) is 5.41 Å². The minimum absolute atomic E-state index is 0.0449. The van der Waals surface area contributed by atoms with E-state index in [1.54, 1.807) is 0 Å². The molecule has 1 N–H and O–H groups in total. The van der Waals surface area contributed by atoms with Crippen LogP contribution in [0.4, 0.5) is 0 Å². The number of carbonyl (C=O) groups excluding carboxylic acids is 2. The van der Waals surface area contributed by atoms with Gasteiger partial charge >= 0.3 is 5.97 Å². The van der Waals surface area contributed by atoms with Crippen LogP contribution in [0.15, 0.2) is 48.5 Å². The van der Waals surface area contributed by atoms with Crippen molar-refractivity contribution in [2.75, 3.05) is 12.9 Å². The maximum Gasteiger partial charge on any atom is 0.306 e. The van der Waals surface area contributed by atoms with Crippen molar-refractivity contribution in [3.63, 3.8) is 0 Å². The second kappa shape index (κ2) is 10.0. The van der Waals surface area contributed by atoms with Gasteiger partial charge in [0.25, 0.3) is 0 Å². The highest BCUT2D eigenvalue weighted by Crippen LogP contribution is 2.53. The summed E-state index contributed by atoms with van der Waals surface area (Å²) in [4.78, 5) is 23.1. The summed E-state index contributed by atoms with van der Waals surface area (Å²) >= 11 is 1.86. The third kappa shape index (κ3) is 6.44. The molecule has 0 aromatic heterocycles. The van der Waals surface area contributed by atoms with E-state index < -0.39 is 5.60 Å². The third-order valence-corrected chi connectivity index (χ3v) is 7.76. The minimum atomic E-state index is -0.894. The third-order valence-electron chi connectivity index (χ3n) is 6.07. The zero-order valence-electron chi connectivity index (χ0n) is 18.6. The second-order valence-corrected chi connectivity index (χ2v) is 10.3. The van der Waals surface area contributed by atoms with Gasteiger partial charge in [-0.05, 0) is 67.7 Å². The number of aryl methyl sites for hydroxylation is 1. The number of thioether (sulfide) groups is 1. The summed E-state index contributed by atoms with van der Waals surface area (Å²) in [7, 11) is 1.44. The highest BCUT2D eigenvalue weighted by Gasteiger charge is 2.45. The van der Waals surface area contributed by atoms with Gasteiger partial charge in [-0.2, -0.15) is 11.8 Å². The molecule has 0 saturated heterocycles. The normalized spacial score (nSPS) is 15.9. The number of aldehydes is 1. The molecule has 1 atom stereocenters. The maximum absolute atomic E-state index is 11.8. The summed E-state index contributed by atoms with van der Waals surface area (Å²) < 4.78 is 4.89. The Balaban J connectivity index is 1.77. The molecule has 5 heteroatoms. The Morgan fingerprint density at radius 2 is 1.97 bits per heavy atom. The van der Waals surface area contributed by atoms with E-state index in [0.29, 0.717) is 12.0 Å². The van der Waals surface area contributed by atoms with Gasteiger partial charge in [-0.25, -0.2) is 0 Å². The van der Waals surface area contributed by atoms with Gasteiger partial charge in [-0.1, -0.05) is 42.5 Å². The van der Waals surface area contributed by atoms with Crippen molar-refractivity contribution in [3.8, 4) is 0 Å². The first-order valence-corrected chi connectivity index (χ1v) is 11.9. The lowest BCUT2D eigenvalue weighted by atomic mass is 9.90. The van der Waals surface area contributed by atoms with Crippen LogP contribution in [0.3, 0.4) is 0 Å². The van der Waals surface area contributed by atoms with E-state index in [4.69, 9.17) is 4.74 Å². The van der Waals surface area contributed by atoms with Crippen molar-refractivity contribution in [3.05, 3.63) is 70.8 Å². The van der Waals surface area contributed by atoms with Crippen LogP contribution in [0.2, 0.25) is 0 Å². The fraction of sp³-hybridized carbons (Fsp3) is 0.462. The number of hydrogen-bond acceptors (Lipinski definition) is 5. The lowest BCUT2D eigenvalue weighted by molar-refractivity contribution is -0.141. The first-order chi connectivity index (χ1) is 14.8. The summed E-state index contributed by atoms with van der Waals surface area (Å²) in [5.41, 5.74) is 3.05. The van der Waals surface area contributed by atoms with E-state index in [2.05, 4.69) is 12.1 Å². The molecule has 0 unspecified atom stereocenters. The predicted octanol–water partition coefficient (Wildman–Crippen LogP) is 5.48. The fourth-order valence-electron chi connectivity index (χ4n) is 4.01. The first kappa shape index (κ1) is 23.6. The van der Waals surface area contributed by atoms with E-state index in [0.717, 1.165) is 54.4 Å². The van der Waals surface area contributed by atoms with Crippen LogP contribution < -0.4 is 0 Å². The minimum Gasteiger partial charge on any atom is -0.469 e. The van der Waals surface area contributed by atoms with Gasteiger partial charge in [0.1, 0.15) is 6.29 Å². The molecule has 0 heterocycles. The molecule has 0 bridgehead atoms. The number of ether oxygens (including phenoxy) is 1. The molecular weight excluding hydrogens is 408 g/mol. The lowest BCUT2D eigenvalue weighted by Gasteiger charge is -2.24. The number of esters is 1. The molecule has 2 aromatic rings. The monoisotopic (exact) mass is 440 g/mol. The zero-order chi connectivity index (χ0) is 22.5. The molecule has 1 fully saturated rings. The number of benzene rings is 2. The van der Waals surface area contributed by atoms with E-state index in [-0.39, 0.29) is 16.6 Å².